The molecule has 0 aliphatic carbocycles. The zero-order valence-electron chi connectivity index (χ0n) is 14.0. The third-order valence-corrected chi connectivity index (χ3v) is 2.46. The molecule has 0 saturated carbocycles. The predicted molar refractivity (Wildman–Crippen MR) is 75.9 cm³/mol. The Morgan fingerprint density at radius 2 is 1.48 bits per heavy atom. The van der Waals surface area contributed by atoms with Gasteiger partial charge in [-0.2, -0.15) is 0 Å². The van der Waals surface area contributed by atoms with Gasteiger partial charge in [0.25, 0.3) is 0 Å². The molecule has 0 aromatic heterocycles. The second kappa shape index (κ2) is 17.4. The van der Waals surface area contributed by atoms with Crippen molar-refractivity contribution in [1.29, 1.82) is 0 Å². The molecule has 0 radical (unpaired) electrons. The van der Waals surface area contributed by atoms with E-state index in [1.807, 2.05) is 18.2 Å². The zero-order chi connectivity index (χ0) is 16.1. The van der Waals surface area contributed by atoms with Gasteiger partial charge in [-0.25, -0.2) is 0 Å². The topological polar surface area (TPSA) is 107 Å². The van der Waals surface area contributed by atoms with Gasteiger partial charge in [-0.1, -0.05) is 50.8 Å². The molecule has 1 rings (SSSR count). The number of hydrogen-bond acceptors (Lipinski definition) is 6. The van der Waals surface area contributed by atoms with Crippen LogP contribution in [-0.2, 0) is 15.2 Å². The summed E-state index contributed by atoms with van der Waals surface area (Å²) in [5.74, 6) is 0.517. The number of carbonyl (C=O) groups is 1. The van der Waals surface area contributed by atoms with E-state index in [9.17, 15) is 4.79 Å². The number of hydrogen-bond donors (Lipinski definition) is 0. The molecule has 0 spiro atoms. The van der Waals surface area contributed by atoms with Crippen LogP contribution in [0.1, 0.15) is 45.4 Å². The van der Waals surface area contributed by atoms with Gasteiger partial charge in [0.15, 0.2) is 0 Å². The average molecular weight is 362 g/mol. The summed E-state index contributed by atoms with van der Waals surface area (Å²) in [6, 6.07) is 9.24. The van der Waals surface area contributed by atoms with E-state index >= 15 is 0 Å². The number of carbonyl (C=O) groups excluding carboxylic acids is 1. The minimum absolute atomic E-state index is 0. The third-order valence-electron chi connectivity index (χ3n) is 2.46. The first kappa shape index (κ1) is 28.4. The van der Waals surface area contributed by atoms with E-state index in [1.54, 1.807) is 12.1 Å². The number of rotatable bonds is 7. The smallest absolute Gasteiger partial charge is 0.759 e. The number of ether oxygens (including phenoxy) is 1. The molecule has 1 aromatic rings. The van der Waals surface area contributed by atoms with E-state index in [0.29, 0.717) is 12.2 Å². The van der Waals surface area contributed by atoms with Gasteiger partial charge in [0.05, 0.1) is 0 Å². The quantitative estimate of drug-likeness (QED) is 0.125. The van der Waals surface area contributed by atoms with E-state index in [2.05, 4.69) is 6.92 Å². The summed E-state index contributed by atoms with van der Waals surface area (Å²) >= 11 is 0. The largest absolute Gasteiger partial charge is 1.00 e. The minimum Gasteiger partial charge on any atom is -0.759 e. The van der Waals surface area contributed by atoms with Crippen LogP contribution in [0.15, 0.2) is 30.3 Å². The Morgan fingerprint density at radius 3 is 1.96 bits per heavy atom. The van der Waals surface area contributed by atoms with Crippen molar-refractivity contribution in [3.05, 3.63) is 30.3 Å². The summed E-state index contributed by atoms with van der Waals surface area (Å²) in [5.41, 5.74) is 0. The maximum Gasteiger partial charge on any atom is 1.00 e. The Hall–Kier alpha value is 0.560. The van der Waals surface area contributed by atoms with E-state index in [0.717, 1.165) is 12.8 Å². The average Bonchev–Trinajstić information content (AvgIpc) is 2.38. The van der Waals surface area contributed by atoms with E-state index in [-0.39, 0.29) is 65.1 Å². The van der Waals surface area contributed by atoms with Crippen LogP contribution in [0.25, 0.3) is 0 Å². The molecule has 1 aromatic carbocycles. The van der Waals surface area contributed by atoms with Crippen LogP contribution in [0.3, 0.4) is 0 Å². The summed E-state index contributed by atoms with van der Waals surface area (Å²) in [6.45, 7) is 2.18. The van der Waals surface area contributed by atoms with Gasteiger partial charge in [0.1, 0.15) is 5.75 Å². The van der Waals surface area contributed by atoms with Gasteiger partial charge in [-0.15, -0.1) is 0 Å². The van der Waals surface area contributed by atoms with Crippen LogP contribution in [0.4, 0.5) is 0 Å². The van der Waals surface area contributed by atoms with Crippen molar-refractivity contribution < 1.29 is 86.2 Å². The molecule has 9 heteroatoms. The van der Waals surface area contributed by atoms with Gasteiger partial charge in [-0.05, 0) is 18.6 Å². The van der Waals surface area contributed by atoms with Gasteiger partial charge < -0.3 is 13.8 Å². The second-order valence-electron chi connectivity index (χ2n) is 4.36. The van der Waals surface area contributed by atoms with Gasteiger partial charge in [0, 0.05) is 16.8 Å². The van der Waals surface area contributed by atoms with Crippen molar-refractivity contribution in [3.63, 3.8) is 0 Å². The summed E-state index contributed by atoms with van der Waals surface area (Å²) < 4.78 is 39.3. The molecule has 23 heavy (non-hydrogen) atoms. The number of unbranched alkanes of at least 4 members (excludes halogenated alkanes) is 4. The van der Waals surface area contributed by atoms with E-state index in [4.69, 9.17) is 22.3 Å². The van der Waals surface area contributed by atoms with Crippen LogP contribution >= 0.6 is 0 Å². The molecule has 0 atom stereocenters. The number of esters is 1. The fraction of sp³-hybridized carbons (Fsp3) is 0.500. The molecule has 0 N–H and O–H groups in total. The maximum atomic E-state index is 11.4. The number of para-hydroxylation sites is 1. The molecule has 0 bridgehead atoms. The van der Waals surface area contributed by atoms with Gasteiger partial charge >= 0.3 is 65.1 Å². The first-order valence-electron chi connectivity index (χ1n) is 6.75. The van der Waals surface area contributed by atoms with E-state index < -0.39 is 10.4 Å². The molecule has 0 heterocycles. The Bertz CT molecular complexity index is 485. The summed E-state index contributed by atoms with van der Waals surface area (Å²) in [4.78, 5) is 11.4. The standard InChI is InChI=1S/C14H20O2.2Na.H2O4S/c1-2-3-4-5-9-12-14(15)16-13-10-7-6-8-11-13;;;1-5(2,3)4/h6-8,10-11H,2-5,9,12H2,1H3;;;(H2,1,2,3,4)/q;2*+1;/p-2. The summed E-state index contributed by atoms with van der Waals surface area (Å²) in [5, 5.41) is 0. The molecule has 0 saturated heterocycles. The van der Waals surface area contributed by atoms with Crippen molar-refractivity contribution in [1.82, 2.24) is 0 Å². The van der Waals surface area contributed by atoms with Crippen molar-refractivity contribution in [3.8, 4) is 5.75 Å². The predicted octanol–water partition coefficient (Wildman–Crippen LogP) is -3.38. The Morgan fingerprint density at radius 1 is 1.00 bits per heavy atom. The van der Waals surface area contributed by atoms with Crippen molar-refractivity contribution >= 4 is 16.4 Å². The fourth-order valence-electron chi connectivity index (χ4n) is 1.54. The first-order valence-corrected chi connectivity index (χ1v) is 8.08. The van der Waals surface area contributed by atoms with E-state index in [1.165, 1.54) is 19.3 Å². The molecule has 0 aliphatic rings. The minimum atomic E-state index is -5.17. The number of benzene rings is 1. The molecule has 0 unspecified atom stereocenters. The van der Waals surface area contributed by atoms with Crippen molar-refractivity contribution in [2.75, 3.05) is 0 Å². The fourth-order valence-corrected chi connectivity index (χ4v) is 1.54. The molecule has 0 fully saturated rings. The van der Waals surface area contributed by atoms with Crippen LogP contribution in [0.5, 0.6) is 5.75 Å². The zero-order valence-corrected chi connectivity index (χ0v) is 18.8. The summed E-state index contributed by atoms with van der Waals surface area (Å²) in [6.07, 6.45) is 6.29. The van der Waals surface area contributed by atoms with Crippen LogP contribution < -0.4 is 63.9 Å². The summed E-state index contributed by atoms with van der Waals surface area (Å²) in [7, 11) is -5.17. The van der Waals surface area contributed by atoms with Crippen LogP contribution in [-0.4, -0.2) is 23.5 Å². The Labute approximate surface area is 182 Å². The van der Waals surface area contributed by atoms with Gasteiger partial charge in [0.2, 0.25) is 0 Å². The molecule has 0 aliphatic heterocycles. The molecule has 120 valence electrons. The molecule has 6 nitrogen and oxygen atoms in total. The van der Waals surface area contributed by atoms with Crippen molar-refractivity contribution in [2.45, 2.75) is 45.4 Å². The van der Waals surface area contributed by atoms with Crippen molar-refractivity contribution in [2.24, 2.45) is 0 Å². The second-order valence-corrected chi connectivity index (χ2v) is 5.18. The normalized spacial score (nSPS) is 9.52. The van der Waals surface area contributed by atoms with Crippen LogP contribution in [0.2, 0.25) is 0 Å². The van der Waals surface area contributed by atoms with Gasteiger partial charge in [-0.3, -0.25) is 13.2 Å². The molecular formula is C14H20Na2O6S. The Kier molecular flexibility index (Phi) is 21.4. The SMILES string of the molecule is CCCCCCCC(=O)Oc1ccccc1.O=S(=O)([O-])[O-].[Na+].[Na+]. The van der Waals surface area contributed by atoms with Crippen LogP contribution in [0, 0.1) is 0 Å². The first-order chi connectivity index (χ1) is 9.83. The Balaban J connectivity index is -0.000000502. The molecule has 0 amide bonds. The molecular weight excluding hydrogens is 342 g/mol. The monoisotopic (exact) mass is 362 g/mol. The maximum absolute atomic E-state index is 11.4. The third kappa shape index (κ3) is 24.9.